The minimum Gasteiger partial charge on any atom is -0.465 e. The third-order valence-electron chi connectivity index (χ3n) is 4.43. The summed E-state index contributed by atoms with van der Waals surface area (Å²) in [7, 11) is 2.13. The first-order chi connectivity index (χ1) is 10.0. The van der Waals surface area contributed by atoms with Crippen LogP contribution in [0, 0.1) is 5.92 Å². The molecule has 4 nitrogen and oxygen atoms in total. The van der Waals surface area contributed by atoms with Crippen molar-refractivity contribution in [3.05, 3.63) is 41.0 Å². The minimum atomic E-state index is -0.859. The average Bonchev–Trinajstić information content (AvgIpc) is 2.46. The van der Waals surface area contributed by atoms with E-state index in [9.17, 15) is 9.90 Å². The van der Waals surface area contributed by atoms with Crippen LogP contribution in [0.3, 0.4) is 0 Å². The lowest BCUT2D eigenvalue weighted by Gasteiger charge is -2.31. The summed E-state index contributed by atoms with van der Waals surface area (Å²) in [5, 5.41) is 9.45. The van der Waals surface area contributed by atoms with Gasteiger partial charge in [-0.1, -0.05) is 25.1 Å². The third-order valence-corrected chi connectivity index (χ3v) is 4.43. The van der Waals surface area contributed by atoms with Crippen LogP contribution in [0.25, 0.3) is 5.70 Å². The molecule has 112 valence electrons. The third kappa shape index (κ3) is 2.81. The fourth-order valence-corrected chi connectivity index (χ4v) is 3.22. The molecule has 0 aliphatic carbocycles. The van der Waals surface area contributed by atoms with E-state index in [4.69, 9.17) is 0 Å². The molecular weight excluding hydrogens is 264 g/mol. The summed E-state index contributed by atoms with van der Waals surface area (Å²) in [5.74, 6) is 0.383. The van der Waals surface area contributed by atoms with E-state index in [0.29, 0.717) is 12.5 Å². The molecule has 2 heterocycles. The van der Waals surface area contributed by atoms with Gasteiger partial charge in [-0.3, -0.25) is 4.90 Å². The Morgan fingerprint density at radius 2 is 2.14 bits per heavy atom. The van der Waals surface area contributed by atoms with Gasteiger partial charge in [0.05, 0.1) is 5.70 Å². The molecule has 1 atom stereocenters. The van der Waals surface area contributed by atoms with Gasteiger partial charge in [-0.05, 0) is 48.6 Å². The molecular formula is C17H22N2O2. The number of allylic oxidation sites excluding steroid dienone is 1. The molecule has 0 fully saturated rings. The second-order valence-corrected chi connectivity index (χ2v) is 6.29. The number of hydrogen-bond acceptors (Lipinski definition) is 2. The van der Waals surface area contributed by atoms with E-state index < -0.39 is 6.09 Å². The van der Waals surface area contributed by atoms with Crippen LogP contribution in [0.15, 0.2) is 24.3 Å². The Bertz CT molecular complexity index is 594. The lowest BCUT2D eigenvalue weighted by molar-refractivity contribution is 0.159. The van der Waals surface area contributed by atoms with Crippen LogP contribution in [0.5, 0.6) is 0 Å². The topological polar surface area (TPSA) is 43.8 Å². The molecule has 0 spiro atoms. The van der Waals surface area contributed by atoms with E-state index in [1.54, 1.807) is 0 Å². The predicted molar refractivity (Wildman–Crippen MR) is 83.0 cm³/mol. The van der Waals surface area contributed by atoms with Crippen LogP contribution in [0.4, 0.5) is 4.79 Å². The summed E-state index contributed by atoms with van der Waals surface area (Å²) in [6.45, 7) is 4.71. The lowest BCUT2D eigenvalue weighted by atomic mass is 9.93. The van der Waals surface area contributed by atoms with Crippen molar-refractivity contribution < 1.29 is 9.90 Å². The van der Waals surface area contributed by atoms with Crippen molar-refractivity contribution >= 4 is 11.8 Å². The molecule has 0 saturated heterocycles. The van der Waals surface area contributed by atoms with E-state index in [1.807, 2.05) is 0 Å². The number of amides is 1. The maximum Gasteiger partial charge on any atom is 0.411 e. The summed E-state index contributed by atoms with van der Waals surface area (Å²) in [6, 6.07) is 6.40. The molecule has 0 saturated carbocycles. The molecule has 1 aromatic rings. The Kier molecular flexibility index (Phi) is 3.72. The molecule has 0 unspecified atom stereocenters. The van der Waals surface area contributed by atoms with Crippen molar-refractivity contribution in [3.8, 4) is 0 Å². The van der Waals surface area contributed by atoms with Crippen LogP contribution in [-0.4, -0.2) is 41.1 Å². The Morgan fingerprint density at radius 3 is 2.90 bits per heavy atom. The van der Waals surface area contributed by atoms with Gasteiger partial charge in [0.1, 0.15) is 0 Å². The van der Waals surface area contributed by atoms with Crippen LogP contribution in [0.1, 0.15) is 30.0 Å². The zero-order valence-electron chi connectivity index (χ0n) is 12.7. The van der Waals surface area contributed by atoms with Gasteiger partial charge < -0.3 is 10.0 Å². The molecule has 4 heteroatoms. The first kappa shape index (κ1) is 14.1. The van der Waals surface area contributed by atoms with Gasteiger partial charge >= 0.3 is 6.09 Å². The molecule has 0 bridgehead atoms. The number of rotatable bonds is 1. The zero-order valence-corrected chi connectivity index (χ0v) is 12.7. The standard InChI is InChI=1S/C17H22N2O2/c1-12-3-6-16(19(10-12)17(20)21)14-5-4-13-7-8-18(2)11-15(13)9-14/h4-6,9,12H,3,7-8,10-11H2,1-2H3,(H,20,21)/t12-/m0/s1. The van der Waals surface area contributed by atoms with Crippen molar-refractivity contribution in [2.24, 2.45) is 5.92 Å². The number of carboxylic acid groups (broad SMARTS) is 1. The first-order valence-corrected chi connectivity index (χ1v) is 7.56. The van der Waals surface area contributed by atoms with Gasteiger partial charge in [-0.15, -0.1) is 0 Å². The number of carbonyl (C=O) groups is 1. The van der Waals surface area contributed by atoms with Crippen molar-refractivity contribution in [2.75, 3.05) is 20.1 Å². The second-order valence-electron chi connectivity index (χ2n) is 6.29. The van der Waals surface area contributed by atoms with Gasteiger partial charge in [0.2, 0.25) is 0 Å². The highest BCUT2D eigenvalue weighted by Crippen LogP contribution is 2.30. The van der Waals surface area contributed by atoms with E-state index in [2.05, 4.69) is 43.1 Å². The van der Waals surface area contributed by atoms with Gasteiger partial charge in [0.25, 0.3) is 0 Å². The fraction of sp³-hybridized carbons (Fsp3) is 0.471. The Morgan fingerprint density at radius 1 is 1.33 bits per heavy atom. The summed E-state index contributed by atoms with van der Waals surface area (Å²) < 4.78 is 0. The number of hydrogen-bond donors (Lipinski definition) is 1. The largest absolute Gasteiger partial charge is 0.465 e. The first-order valence-electron chi connectivity index (χ1n) is 7.56. The van der Waals surface area contributed by atoms with Gasteiger partial charge in [0.15, 0.2) is 0 Å². The summed E-state index contributed by atoms with van der Waals surface area (Å²) in [6.07, 6.45) is 3.22. The lowest BCUT2D eigenvalue weighted by Crippen LogP contribution is -2.35. The Hall–Kier alpha value is -1.81. The predicted octanol–water partition coefficient (Wildman–Crippen LogP) is 3.04. The van der Waals surface area contributed by atoms with E-state index in [-0.39, 0.29) is 0 Å². The van der Waals surface area contributed by atoms with E-state index in [0.717, 1.165) is 37.2 Å². The molecule has 1 N–H and O–H groups in total. The van der Waals surface area contributed by atoms with Crippen molar-refractivity contribution in [2.45, 2.75) is 26.3 Å². The van der Waals surface area contributed by atoms with Crippen molar-refractivity contribution in [1.29, 1.82) is 0 Å². The number of nitrogens with zero attached hydrogens (tertiary/aromatic N) is 2. The van der Waals surface area contributed by atoms with Crippen LogP contribution in [-0.2, 0) is 13.0 Å². The maximum absolute atomic E-state index is 11.5. The van der Waals surface area contributed by atoms with Crippen LogP contribution in [0.2, 0.25) is 0 Å². The molecule has 0 radical (unpaired) electrons. The second kappa shape index (κ2) is 5.53. The maximum atomic E-state index is 11.5. The normalized spacial score (nSPS) is 22.7. The van der Waals surface area contributed by atoms with Crippen LogP contribution >= 0.6 is 0 Å². The highest BCUT2D eigenvalue weighted by Gasteiger charge is 2.25. The summed E-state index contributed by atoms with van der Waals surface area (Å²) in [5.41, 5.74) is 4.59. The van der Waals surface area contributed by atoms with Crippen molar-refractivity contribution in [3.63, 3.8) is 0 Å². The van der Waals surface area contributed by atoms with E-state index in [1.165, 1.54) is 16.0 Å². The number of benzene rings is 1. The van der Waals surface area contributed by atoms with Gasteiger partial charge in [-0.25, -0.2) is 4.79 Å². The number of likely N-dealkylation sites (N-methyl/N-ethyl adjacent to an activating group) is 1. The minimum absolute atomic E-state index is 0.383. The SMILES string of the molecule is C[C@H]1CC=C(c2ccc3c(c2)CN(C)CC3)N(C(=O)O)C1. The smallest absolute Gasteiger partial charge is 0.411 e. The monoisotopic (exact) mass is 286 g/mol. The highest BCUT2D eigenvalue weighted by atomic mass is 16.4. The quantitative estimate of drug-likeness (QED) is 0.863. The molecule has 2 aliphatic heterocycles. The van der Waals surface area contributed by atoms with Gasteiger partial charge in [0, 0.05) is 19.6 Å². The fourth-order valence-electron chi connectivity index (χ4n) is 3.22. The summed E-state index contributed by atoms with van der Waals surface area (Å²) in [4.78, 5) is 15.3. The number of fused-ring (bicyclic) bond motifs is 1. The highest BCUT2D eigenvalue weighted by molar-refractivity contribution is 5.81. The Balaban J connectivity index is 1.96. The zero-order chi connectivity index (χ0) is 15.0. The molecule has 21 heavy (non-hydrogen) atoms. The summed E-state index contributed by atoms with van der Waals surface area (Å²) >= 11 is 0. The molecule has 0 aromatic heterocycles. The van der Waals surface area contributed by atoms with Gasteiger partial charge in [-0.2, -0.15) is 0 Å². The Labute approximate surface area is 125 Å². The van der Waals surface area contributed by atoms with Crippen molar-refractivity contribution in [1.82, 2.24) is 9.80 Å². The average molecular weight is 286 g/mol. The van der Waals surface area contributed by atoms with Crippen LogP contribution < -0.4 is 0 Å². The molecule has 2 aliphatic rings. The van der Waals surface area contributed by atoms with E-state index >= 15 is 0 Å². The molecule has 3 rings (SSSR count). The molecule has 1 aromatic carbocycles. The molecule has 1 amide bonds.